The van der Waals surface area contributed by atoms with E-state index in [2.05, 4.69) is 21.2 Å². The van der Waals surface area contributed by atoms with Crippen molar-refractivity contribution in [2.24, 2.45) is 5.73 Å². The number of carbonyl (C=O) groups is 1. The number of primary amides is 1. The Balaban J connectivity index is 2.55. The standard InChI is InChI=1S/C9H10BrClN2O/c10-7-5-6(11)1-2-8(7)13-4-3-9(12)14/h1-2,5,13H,3-4H2,(H2,12,14). The van der Waals surface area contributed by atoms with Crippen molar-refractivity contribution >= 4 is 39.1 Å². The topological polar surface area (TPSA) is 55.1 Å². The molecule has 3 nitrogen and oxygen atoms in total. The normalized spacial score (nSPS) is 9.86. The first-order valence-corrected chi connectivity index (χ1v) is 5.24. The van der Waals surface area contributed by atoms with Crippen LogP contribution in [-0.4, -0.2) is 12.5 Å². The molecular weight excluding hydrogens is 267 g/mol. The van der Waals surface area contributed by atoms with E-state index in [9.17, 15) is 4.79 Å². The van der Waals surface area contributed by atoms with E-state index in [0.717, 1.165) is 10.2 Å². The smallest absolute Gasteiger partial charge is 0.219 e. The van der Waals surface area contributed by atoms with Gasteiger partial charge < -0.3 is 11.1 Å². The van der Waals surface area contributed by atoms with Crippen molar-refractivity contribution in [1.82, 2.24) is 0 Å². The lowest BCUT2D eigenvalue weighted by Crippen LogP contribution is -2.15. The lowest BCUT2D eigenvalue weighted by Gasteiger charge is -2.07. The predicted octanol–water partition coefficient (Wildman–Crippen LogP) is 2.39. The Kier molecular flexibility index (Phi) is 4.22. The summed E-state index contributed by atoms with van der Waals surface area (Å²) < 4.78 is 0.870. The molecule has 0 heterocycles. The summed E-state index contributed by atoms with van der Waals surface area (Å²) in [7, 11) is 0. The third-order valence-corrected chi connectivity index (χ3v) is 2.51. The minimum atomic E-state index is -0.317. The molecule has 1 aromatic rings. The maximum Gasteiger partial charge on any atom is 0.219 e. The third kappa shape index (κ3) is 3.55. The van der Waals surface area contributed by atoms with Crippen LogP contribution in [0.3, 0.4) is 0 Å². The van der Waals surface area contributed by atoms with Gasteiger partial charge in [-0.2, -0.15) is 0 Å². The van der Waals surface area contributed by atoms with Gasteiger partial charge in [-0.25, -0.2) is 0 Å². The number of nitrogens with one attached hydrogen (secondary N) is 1. The van der Waals surface area contributed by atoms with Crippen LogP contribution in [0.4, 0.5) is 5.69 Å². The highest BCUT2D eigenvalue weighted by Crippen LogP contribution is 2.25. The fourth-order valence-electron chi connectivity index (χ4n) is 0.953. The van der Waals surface area contributed by atoms with E-state index in [-0.39, 0.29) is 5.91 Å². The molecule has 76 valence electrons. The van der Waals surface area contributed by atoms with Crippen LogP contribution in [-0.2, 0) is 4.79 Å². The van der Waals surface area contributed by atoms with Crippen molar-refractivity contribution in [1.29, 1.82) is 0 Å². The summed E-state index contributed by atoms with van der Waals surface area (Å²) >= 11 is 9.12. The van der Waals surface area contributed by atoms with Crippen molar-refractivity contribution < 1.29 is 4.79 Å². The van der Waals surface area contributed by atoms with Gasteiger partial charge in [0.2, 0.25) is 5.91 Å². The lowest BCUT2D eigenvalue weighted by molar-refractivity contribution is -0.117. The summed E-state index contributed by atoms with van der Waals surface area (Å²) in [6.07, 6.45) is 0.315. The maximum atomic E-state index is 10.5. The van der Waals surface area contributed by atoms with Gasteiger partial charge in [0.1, 0.15) is 0 Å². The molecule has 0 radical (unpaired) electrons. The molecule has 0 saturated carbocycles. The van der Waals surface area contributed by atoms with E-state index in [1.54, 1.807) is 12.1 Å². The number of amides is 1. The van der Waals surface area contributed by atoms with Gasteiger partial charge >= 0.3 is 0 Å². The Morgan fingerprint density at radius 1 is 1.57 bits per heavy atom. The van der Waals surface area contributed by atoms with Gasteiger partial charge in [-0.3, -0.25) is 4.79 Å². The molecular formula is C9H10BrClN2O. The van der Waals surface area contributed by atoms with E-state index in [1.807, 2.05) is 6.07 Å². The number of anilines is 1. The molecule has 1 aromatic carbocycles. The fourth-order valence-corrected chi connectivity index (χ4v) is 1.78. The molecule has 14 heavy (non-hydrogen) atoms. The Bertz CT molecular complexity index is 344. The molecule has 0 aromatic heterocycles. The quantitative estimate of drug-likeness (QED) is 0.888. The van der Waals surface area contributed by atoms with Gasteiger partial charge in [-0.15, -0.1) is 0 Å². The molecule has 1 rings (SSSR count). The number of carbonyl (C=O) groups excluding carboxylic acids is 1. The molecule has 0 fully saturated rings. The van der Waals surface area contributed by atoms with Crippen molar-refractivity contribution in [2.45, 2.75) is 6.42 Å². The molecule has 5 heteroatoms. The molecule has 0 atom stereocenters. The third-order valence-electron chi connectivity index (χ3n) is 1.62. The van der Waals surface area contributed by atoms with Gasteiger partial charge in [0.15, 0.2) is 0 Å². The largest absolute Gasteiger partial charge is 0.384 e. The van der Waals surface area contributed by atoms with Crippen LogP contribution in [0.5, 0.6) is 0 Å². The van der Waals surface area contributed by atoms with E-state index in [0.29, 0.717) is 18.0 Å². The average Bonchev–Trinajstić information content (AvgIpc) is 2.08. The molecule has 0 aliphatic rings. The molecule has 0 bridgehead atoms. The van der Waals surface area contributed by atoms with E-state index in [1.165, 1.54) is 0 Å². The summed E-state index contributed by atoms with van der Waals surface area (Å²) in [5.41, 5.74) is 5.91. The first-order chi connectivity index (χ1) is 6.59. The molecule has 3 N–H and O–H groups in total. The number of hydrogen-bond acceptors (Lipinski definition) is 2. The Hall–Kier alpha value is -0.740. The number of halogens is 2. The Morgan fingerprint density at radius 3 is 2.86 bits per heavy atom. The van der Waals surface area contributed by atoms with Crippen molar-refractivity contribution in [3.05, 3.63) is 27.7 Å². The van der Waals surface area contributed by atoms with Crippen LogP contribution in [0.15, 0.2) is 22.7 Å². The van der Waals surface area contributed by atoms with E-state index < -0.39 is 0 Å². The summed E-state index contributed by atoms with van der Waals surface area (Å²) in [6.45, 7) is 0.523. The summed E-state index contributed by atoms with van der Waals surface area (Å²) in [5.74, 6) is -0.317. The molecule has 1 amide bonds. The van der Waals surface area contributed by atoms with E-state index in [4.69, 9.17) is 17.3 Å². The Morgan fingerprint density at radius 2 is 2.29 bits per heavy atom. The second kappa shape index (κ2) is 5.22. The van der Waals surface area contributed by atoms with Crippen molar-refractivity contribution in [3.8, 4) is 0 Å². The van der Waals surface area contributed by atoms with Crippen molar-refractivity contribution in [3.63, 3.8) is 0 Å². The molecule has 0 unspecified atom stereocenters. The van der Waals surface area contributed by atoms with Crippen molar-refractivity contribution in [2.75, 3.05) is 11.9 Å². The lowest BCUT2D eigenvalue weighted by atomic mass is 10.3. The van der Waals surface area contributed by atoms with Crippen LogP contribution < -0.4 is 11.1 Å². The van der Waals surface area contributed by atoms with Crippen LogP contribution in [0.25, 0.3) is 0 Å². The predicted molar refractivity (Wildman–Crippen MR) is 61.5 cm³/mol. The number of nitrogens with two attached hydrogens (primary N) is 1. The van der Waals surface area contributed by atoms with Crippen LogP contribution in [0.1, 0.15) is 6.42 Å². The second-order valence-electron chi connectivity index (χ2n) is 2.77. The van der Waals surface area contributed by atoms with E-state index >= 15 is 0 Å². The number of benzene rings is 1. The minimum Gasteiger partial charge on any atom is -0.384 e. The first kappa shape index (κ1) is 11.3. The monoisotopic (exact) mass is 276 g/mol. The minimum absolute atomic E-state index is 0.315. The van der Waals surface area contributed by atoms with Crippen LogP contribution >= 0.6 is 27.5 Å². The highest BCUT2D eigenvalue weighted by molar-refractivity contribution is 9.10. The van der Waals surface area contributed by atoms with Crippen LogP contribution in [0, 0.1) is 0 Å². The zero-order valence-corrected chi connectivity index (χ0v) is 9.73. The maximum absolute atomic E-state index is 10.5. The molecule has 0 aliphatic heterocycles. The summed E-state index contributed by atoms with van der Waals surface area (Å²) in [6, 6.07) is 5.40. The van der Waals surface area contributed by atoms with Crippen LogP contribution in [0.2, 0.25) is 5.02 Å². The molecule has 0 saturated heterocycles. The highest BCUT2D eigenvalue weighted by atomic mass is 79.9. The number of rotatable bonds is 4. The van der Waals surface area contributed by atoms with Gasteiger partial charge in [0, 0.05) is 28.1 Å². The zero-order chi connectivity index (χ0) is 10.6. The SMILES string of the molecule is NC(=O)CCNc1ccc(Cl)cc1Br. The highest BCUT2D eigenvalue weighted by Gasteiger charge is 2.00. The Labute approximate surface area is 95.7 Å². The van der Waals surface area contributed by atoms with Gasteiger partial charge in [0.05, 0.1) is 0 Å². The number of hydrogen-bond donors (Lipinski definition) is 2. The van der Waals surface area contributed by atoms with Gasteiger partial charge in [0.25, 0.3) is 0 Å². The first-order valence-electron chi connectivity index (χ1n) is 4.07. The second-order valence-corrected chi connectivity index (χ2v) is 4.06. The molecule has 0 spiro atoms. The fraction of sp³-hybridized carbons (Fsp3) is 0.222. The summed E-state index contributed by atoms with van der Waals surface area (Å²) in [5, 5.41) is 3.73. The van der Waals surface area contributed by atoms with Gasteiger partial charge in [-0.1, -0.05) is 11.6 Å². The van der Waals surface area contributed by atoms with Gasteiger partial charge in [-0.05, 0) is 34.1 Å². The summed E-state index contributed by atoms with van der Waals surface area (Å²) in [4.78, 5) is 10.5. The molecule has 0 aliphatic carbocycles. The average molecular weight is 278 g/mol. The zero-order valence-electron chi connectivity index (χ0n) is 7.39.